The van der Waals surface area contributed by atoms with Crippen LogP contribution < -0.4 is 4.90 Å². The Hall–Kier alpha value is -3.57. The molecule has 0 aliphatic carbocycles. The van der Waals surface area contributed by atoms with E-state index in [9.17, 15) is 19.2 Å². The second-order valence-electron chi connectivity index (χ2n) is 9.87. The minimum atomic E-state index is -1.22. The SMILES string of the molecule is CCc1ccc(N2CCSc3ccc(C4OC(COC(C)=O)C(OC(C)=O)C(OC(C)=O)C4OC(C)=O)cc32)cc1. The summed E-state index contributed by atoms with van der Waals surface area (Å²) in [5.74, 6) is -1.62. The van der Waals surface area contributed by atoms with Gasteiger partial charge in [-0.15, -0.1) is 11.8 Å². The van der Waals surface area contributed by atoms with Crippen molar-refractivity contribution in [3.8, 4) is 0 Å². The smallest absolute Gasteiger partial charge is 0.303 e. The van der Waals surface area contributed by atoms with Crippen LogP contribution in [0.2, 0.25) is 0 Å². The third kappa shape index (κ3) is 7.39. The molecule has 2 aromatic rings. The van der Waals surface area contributed by atoms with Crippen molar-refractivity contribution in [2.75, 3.05) is 23.8 Å². The molecular weight excluding hydrogens is 550 g/mol. The van der Waals surface area contributed by atoms with Crippen LogP contribution in [0, 0.1) is 0 Å². The molecule has 0 radical (unpaired) electrons. The maximum atomic E-state index is 12.3. The number of carbonyl (C=O) groups is 4. The first kappa shape index (κ1) is 30.4. The van der Waals surface area contributed by atoms with Crippen LogP contribution in [0.3, 0.4) is 0 Å². The second-order valence-corrected chi connectivity index (χ2v) is 11.0. The number of benzene rings is 2. The number of esters is 4. The van der Waals surface area contributed by atoms with Crippen LogP contribution in [0.5, 0.6) is 0 Å². The third-order valence-corrected chi connectivity index (χ3v) is 7.86. The van der Waals surface area contributed by atoms with E-state index >= 15 is 0 Å². The van der Waals surface area contributed by atoms with E-state index in [-0.39, 0.29) is 6.61 Å². The number of ether oxygens (including phenoxy) is 5. The molecule has 4 rings (SSSR count). The van der Waals surface area contributed by atoms with Crippen LogP contribution >= 0.6 is 11.8 Å². The molecule has 2 aliphatic rings. The molecule has 0 aromatic heterocycles. The number of fused-ring (bicyclic) bond motifs is 1. The average molecular weight is 586 g/mol. The summed E-state index contributed by atoms with van der Waals surface area (Å²) >= 11 is 1.74. The summed E-state index contributed by atoms with van der Waals surface area (Å²) in [6.45, 7) is 7.51. The first-order valence-corrected chi connectivity index (χ1v) is 14.5. The molecule has 2 aliphatic heterocycles. The highest BCUT2D eigenvalue weighted by Gasteiger charge is 2.52. The first-order chi connectivity index (χ1) is 19.6. The maximum Gasteiger partial charge on any atom is 0.303 e. The summed E-state index contributed by atoms with van der Waals surface area (Å²) in [5.41, 5.74) is 3.89. The number of aryl methyl sites for hydroxylation is 1. The van der Waals surface area contributed by atoms with E-state index in [1.807, 2.05) is 18.2 Å². The van der Waals surface area contributed by atoms with Crippen molar-refractivity contribution in [2.24, 2.45) is 0 Å². The van der Waals surface area contributed by atoms with Gasteiger partial charge in [-0.1, -0.05) is 25.1 Å². The van der Waals surface area contributed by atoms with Crippen molar-refractivity contribution in [2.45, 2.75) is 76.5 Å². The molecular formula is C30H35NO9S. The molecule has 0 N–H and O–H groups in total. The summed E-state index contributed by atoms with van der Waals surface area (Å²) in [6, 6.07) is 14.2. The zero-order valence-electron chi connectivity index (χ0n) is 23.8. The van der Waals surface area contributed by atoms with Gasteiger partial charge < -0.3 is 28.6 Å². The van der Waals surface area contributed by atoms with E-state index in [0.717, 1.165) is 35.0 Å². The van der Waals surface area contributed by atoms with Gasteiger partial charge in [0.15, 0.2) is 18.3 Å². The largest absolute Gasteiger partial charge is 0.463 e. The van der Waals surface area contributed by atoms with E-state index in [1.165, 1.54) is 33.3 Å². The van der Waals surface area contributed by atoms with Crippen molar-refractivity contribution in [1.82, 2.24) is 0 Å². The fourth-order valence-electron chi connectivity index (χ4n) is 5.09. The molecule has 1 fully saturated rings. The summed E-state index contributed by atoms with van der Waals surface area (Å²) in [5, 5.41) is 0. The lowest BCUT2D eigenvalue weighted by atomic mass is 9.90. The lowest BCUT2D eigenvalue weighted by Gasteiger charge is -2.45. The molecule has 41 heavy (non-hydrogen) atoms. The van der Waals surface area contributed by atoms with Crippen LogP contribution in [-0.4, -0.2) is 67.2 Å². The van der Waals surface area contributed by atoms with Gasteiger partial charge in [0, 0.05) is 50.6 Å². The Balaban J connectivity index is 1.78. The highest BCUT2D eigenvalue weighted by molar-refractivity contribution is 7.99. The molecule has 220 valence electrons. The van der Waals surface area contributed by atoms with Crippen LogP contribution in [0.15, 0.2) is 47.4 Å². The predicted octanol–water partition coefficient (Wildman–Crippen LogP) is 4.29. The van der Waals surface area contributed by atoms with E-state index in [2.05, 4.69) is 36.1 Å². The molecule has 1 saturated heterocycles. The molecule has 5 unspecified atom stereocenters. The Kier molecular flexibility index (Phi) is 9.93. The van der Waals surface area contributed by atoms with Crippen molar-refractivity contribution in [1.29, 1.82) is 0 Å². The Labute approximate surface area is 243 Å². The zero-order valence-corrected chi connectivity index (χ0v) is 24.6. The standard InChI is InChI=1S/C30H35NO9S/c1-6-21-7-10-23(11-8-21)31-13-14-41-26-12-9-22(15-24(26)31)27-29(38-19(4)34)30(39-20(5)35)28(37-18(3)33)25(40-27)16-36-17(2)32/h7-12,15,25,27-30H,6,13-14,16H2,1-5H3. The molecule has 5 atom stereocenters. The molecule has 0 spiro atoms. The quantitative estimate of drug-likeness (QED) is 0.326. The summed E-state index contributed by atoms with van der Waals surface area (Å²) in [6.07, 6.45) is -4.56. The Morgan fingerprint density at radius 3 is 2.10 bits per heavy atom. The normalized spacial score (nSPS) is 23.6. The predicted molar refractivity (Wildman–Crippen MR) is 151 cm³/mol. The second kappa shape index (κ2) is 13.4. The molecule has 10 nitrogen and oxygen atoms in total. The number of thioether (sulfide) groups is 1. The van der Waals surface area contributed by atoms with Gasteiger partial charge in [-0.2, -0.15) is 0 Å². The number of carbonyl (C=O) groups excluding carboxylic acids is 4. The van der Waals surface area contributed by atoms with Gasteiger partial charge in [0.05, 0.1) is 5.69 Å². The molecule has 0 amide bonds. The number of rotatable bonds is 8. The van der Waals surface area contributed by atoms with Gasteiger partial charge in [-0.25, -0.2) is 0 Å². The van der Waals surface area contributed by atoms with Crippen molar-refractivity contribution < 1.29 is 42.9 Å². The molecule has 0 bridgehead atoms. The van der Waals surface area contributed by atoms with Gasteiger partial charge in [-0.3, -0.25) is 19.2 Å². The molecule has 11 heteroatoms. The van der Waals surface area contributed by atoms with Crippen LogP contribution in [0.1, 0.15) is 51.8 Å². The summed E-state index contributed by atoms with van der Waals surface area (Å²) in [7, 11) is 0. The lowest BCUT2D eigenvalue weighted by Crippen LogP contribution is -2.59. The fraction of sp³-hybridized carbons (Fsp3) is 0.467. The van der Waals surface area contributed by atoms with Gasteiger partial charge in [0.2, 0.25) is 0 Å². The van der Waals surface area contributed by atoms with E-state index in [1.54, 1.807) is 11.8 Å². The van der Waals surface area contributed by atoms with Crippen molar-refractivity contribution in [3.63, 3.8) is 0 Å². The Morgan fingerprint density at radius 2 is 1.49 bits per heavy atom. The Morgan fingerprint density at radius 1 is 0.854 bits per heavy atom. The van der Waals surface area contributed by atoms with E-state index in [4.69, 9.17) is 23.7 Å². The minimum Gasteiger partial charge on any atom is -0.463 e. The highest BCUT2D eigenvalue weighted by Crippen LogP contribution is 2.44. The fourth-order valence-corrected chi connectivity index (χ4v) is 6.06. The van der Waals surface area contributed by atoms with E-state index < -0.39 is 54.4 Å². The number of hydrogen-bond acceptors (Lipinski definition) is 11. The molecule has 2 aromatic carbocycles. The van der Waals surface area contributed by atoms with Gasteiger partial charge >= 0.3 is 23.9 Å². The topological polar surface area (TPSA) is 118 Å². The van der Waals surface area contributed by atoms with Crippen molar-refractivity contribution >= 4 is 47.0 Å². The summed E-state index contributed by atoms with van der Waals surface area (Å²) in [4.78, 5) is 51.4. The monoisotopic (exact) mass is 585 g/mol. The minimum absolute atomic E-state index is 0.273. The average Bonchev–Trinajstić information content (AvgIpc) is 2.93. The third-order valence-electron chi connectivity index (χ3n) is 6.82. The Bertz CT molecular complexity index is 1280. The van der Waals surface area contributed by atoms with E-state index in [0.29, 0.717) is 5.56 Å². The lowest BCUT2D eigenvalue weighted by molar-refractivity contribution is -0.254. The summed E-state index contributed by atoms with van der Waals surface area (Å²) < 4.78 is 28.4. The molecule has 2 heterocycles. The first-order valence-electron chi connectivity index (χ1n) is 13.5. The van der Waals surface area contributed by atoms with Gasteiger partial charge in [0.1, 0.15) is 18.8 Å². The maximum absolute atomic E-state index is 12.3. The van der Waals surface area contributed by atoms with Gasteiger partial charge in [0.25, 0.3) is 0 Å². The number of nitrogens with zero attached hydrogens (tertiary/aromatic N) is 1. The van der Waals surface area contributed by atoms with Crippen LogP contribution in [-0.2, 0) is 49.3 Å². The number of hydrogen-bond donors (Lipinski definition) is 0. The highest BCUT2D eigenvalue weighted by atomic mass is 32.2. The van der Waals surface area contributed by atoms with Crippen molar-refractivity contribution in [3.05, 3.63) is 53.6 Å². The zero-order chi connectivity index (χ0) is 29.7. The van der Waals surface area contributed by atoms with Crippen LogP contribution in [0.4, 0.5) is 11.4 Å². The number of anilines is 2. The molecule has 0 saturated carbocycles. The van der Waals surface area contributed by atoms with Crippen LogP contribution in [0.25, 0.3) is 0 Å². The van der Waals surface area contributed by atoms with Gasteiger partial charge in [-0.05, 0) is 41.8 Å².